The highest BCUT2D eigenvalue weighted by atomic mass is 35.5. The van der Waals surface area contributed by atoms with Crippen molar-refractivity contribution in [1.82, 2.24) is 15.0 Å². The van der Waals surface area contributed by atoms with Crippen molar-refractivity contribution in [3.05, 3.63) is 64.4 Å². The number of nitrogens with zero attached hydrogens (tertiary/aromatic N) is 2. The first kappa shape index (κ1) is 14.7. The fourth-order valence-electron chi connectivity index (χ4n) is 2.04. The van der Waals surface area contributed by atoms with Gasteiger partial charge < -0.3 is 5.32 Å². The Morgan fingerprint density at radius 3 is 2.82 bits per heavy atom. The summed E-state index contributed by atoms with van der Waals surface area (Å²) in [5, 5.41) is 3.81. The van der Waals surface area contributed by atoms with Gasteiger partial charge in [0.2, 0.25) is 0 Å². The van der Waals surface area contributed by atoms with Crippen LogP contribution < -0.4 is 10.7 Å². The van der Waals surface area contributed by atoms with Crippen LogP contribution in [0.3, 0.4) is 0 Å². The largest absolute Gasteiger partial charge is 0.334 e. The van der Waals surface area contributed by atoms with Crippen LogP contribution in [-0.2, 0) is 6.54 Å². The van der Waals surface area contributed by atoms with Crippen LogP contribution in [0.1, 0.15) is 5.56 Å². The Morgan fingerprint density at radius 2 is 2.00 bits per heavy atom. The van der Waals surface area contributed by atoms with Crippen LogP contribution in [0.4, 0.5) is 4.79 Å². The first-order valence-corrected chi connectivity index (χ1v) is 7.30. The molecule has 3 rings (SSSR count). The molecule has 7 heteroatoms. The number of hydrogen-bond acceptors (Lipinski definition) is 2. The second-order valence-corrected chi connectivity index (χ2v) is 5.48. The number of carbonyl (C=O) groups excluding carboxylic acids is 1. The van der Waals surface area contributed by atoms with Crippen molar-refractivity contribution < 1.29 is 4.79 Å². The van der Waals surface area contributed by atoms with Gasteiger partial charge in [-0.2, -0.15) is 0 Å². The highest BCUT2D eigenvalue weighted by Crippen LogP contribution is 2.20. The van der Waals surface area contributed by atoms with E-state index in [9.17, 15) is 4.79 Å². The van der Waals surface area contributed by atoms with Crippen molar-refractivity contribution in [3.63, 3.8) is 0 Å². The van der Waals surface area contributed by atoms with Crippen molar-refractivity contribution in [3.8, 4) is 0 Å². The zero-order valence-electron chi connectivity index (χ0n) is 11.4. The zero-order valence-corrected chi connectivity index (χ0v) is 12.9. The third-order valence-electron chi connectivity index (χ3n) is 3.13. The lowest BCUT2D eigenvalue weighted by atomic mass is 10.2. The predicted molar refractivity (Wildman–Crippen MR) is 87.8 cm³/mol. The van der Waals surface area contributed by atoms with Crippen molar-refractivity contribution >= 4 is 40.3 Å². The number of hydrogen-bond donors (Lipinski definition) is 2. The van der Waals surface area contributed by atoms with Gasteiger partial charge in [0.25, 0.3) is 0 Å². The maximum atomic E-state index is 12.0. The topological polar surface area (TPSA) is 59.0 Å². The van der Waals surface area contributed by atoms with Crippen LogP contribution in [0.15, 0.2) is 48.8 Å². The molecule has 2 aromatic carbocycles. The van der Waals surface area contributed by atoms with Crippen LogP contribution in [0, 0.1) is 0 Å². The summed E-state index contributed by atoms with van der Waals surface area (Å²) in [6.45, 7) is 0.300. The Kier molecular flexibility index (Phi) is 4.18. The fraction of sp³-hybridized carbons (Fsp3) is 0.0667. The molecule has 0 aliphatic heterocycles. The van der Waals surface area contributed by atoms with Gasteiger partial charge in [-0.15, -0.1) is 0 Å². The number of aromatic nitrogens is 2. The van der Waals surface area contributed by atoms with Crippen molar-refractivity contribution in [1.29, 1.82) is 0 Å². The van der Waals surface area contributed by atoms with Gasteiger partial charge in [-0.1, -0.05) is 41.4 Å². The number of amides is 2. The number of urea groups is 1. The summed E-state index contributed by atoms with van der Waals surface area (Å²) >= 11 is 11.9. The van der Waals surface area contributed by atoms with Gasteiger partial charge in [-0.05, 0) is 29.8 Å². The fourth-order valence-corrected chi connectivity index (χ4v) is 2.51. The van der Waals surface area contributed by atoms with Gasteiger partial charge in [0.05, 0.1) is 11.0 Å². The third-order valence-corrected chi connectivity index (χ3v) is 3.72. The molecule has 5 nitrogen and oxygen atoms in total. The van der Waals surface area contributed by atoms with Gasteiger partial charge in [0.1, 0.15) is 6.33 Å². The zero-order chi connectivity index (χ0) is 15.5. The first-order chi connectivity index (χ1) is 10.6. The van der Waals surface area contributed by atoms with Crippen molar-refractivity contribution in [2.24, 2.45) is 0 Å². The van der Waals surface area contributed by atoms with E-state index in [-0.39, 0.29) is 6.03 Å². The number of rotatable bonds is 3. The average Bonchev–Trinajstić information content (AvgIpc) is 2.90. The summed E-state index contributed by atoms with van der Waals surface area (Å²) in [6.07, 6.45) is 1.56. The highest BCUT2D eigenvalue weighted by molar-refractivity contribution is 6.35. The van der Waals surface area contributed by atoms with E-state index in [0.29, 0.717) is 16.6 Å². The molecule has 3 aromatic rings. The molecule has 0 spiro atoms. The summed E-state index contributed by atoms with van der Waals surface area (Å²) in [6, 6.07) is 12.3. The number of imidazole rings is 1. The first-order valence-electron chi connectivity index (χ1n) is 6.54. The molecular formula is C15H12Cl2N4O. The van der Waals surface area contributed by atoms with Gasteiger partial charge in [-0.3, -0.25) is 0 Å². The minimum absolute atomic E-state index is 0.300. The molecule has 112 valence electrons. The van der Waals surface area contributed by atoms with E-state index in [1.165, 1.54) is 0 Å². The summed E-state index contributed by atoms with van der Waals surface area (Å²) in [5.41, 5.74) is 5.12. The third kappa shape index (κ3) is 3.16. The molecular weight excluding hydrogens is 323 g/mol. The van der Waals surface area contributed by atoms with Gasteiger partial charge in [-0.25, -0.2) is 19.9 Å². The quantitative estimate of drug-likeness (QED) is 0.765. The number of fused-ring (bicyclic) bond motifs is 1. The Labute approximate surface area is 136 Å². The predicted octanol–water partition coefficient (Wildman–Crippen LogP) is 3.80. The normalized spacial score (nSPS) is 10.6. The number of para-hydroxylation sites is 2. The second-order valence-electron chi connectivity index (χ2n) is 4.63. The Morgan fingerprint density at radius 1 is 1.18 bits per heavy atom. The monoisotopic (exact) mass is 334 g/mol. The van der Waals surface area contributed by atoms with E-state index in [2.05, 4.69) is 15.7 Å². The standard InChI is InChI=1S/C15H12Cl2N4O/c16-11-6-5-10(12(17)7-11)8-18-15(22)20-21-9-19-13-3-1-2-4-14(13)21/h1-7,9H,8H2,(H2,18,20,22). The molecule has 22 heavy (non-hydrogen) atoms. The molecule has 0 aliphatic carbocycles. The molecule has 0 fully saturated rings. The maximum absolute atomic E-state index is 12.0. The van der Waals surface area contributed by atoms with E-state index in [1.54, 1.807) is 29.2 Å². The molecule has 0 bridgehead atoms. The van der Waals surface area contributed by atoms with Gasteiger partial charge in [0, 0.05) is 16.6 Å². The highest BCUT2D eigenvalue weighted by Gasteiger charge is 2.07. The molecule has 0 unspecified atom stereocenters. The summed E-state index contributed by atoms with van der Waals surface area (Å²) < 4.78 is 1.56. The average molecular weight is 335 g/mol. The Hall–Kier alpha value is -2.24. The number of benzene rings is 2. The lowest BCUT2D eigenvalue weighted by Gasteiger charge is -2.10. The minimum Gasteiger partial charge on any atom is -0.333 e. The van der Waals surface area contributed by atoms with E-state index >= 15 is 0 Å². The van der Waals surface area contributed by atoms with Crippen molar-refractivity contribution in [2.45, 2.75) is 6.54 Å². The summed E-state index contributed by atoms with van der Waals surface area (Å²) in [7, 11) is 0. The number of halogens is 2. The SMILES string of the molecule is O=C(NCc1ccc(Cl)cc1Cl)Nn1cnc2ccccc21. The second kappa shape index (κ2) is 6.25. The smallest absolute Gasteiger partial charge is 0.333 e. The Balaban J connectivity index is 1.65. The van der Waals surface area contributed by atoms with E-state index in [4.69, 9.17) is 23.2 Å². The summed E-state index contributed by atoms with van der Waals surface area (Å²) in [4.78, 5) is 16.2. The molecule has 2 amide bonds. The molecule has 2 N–H and O–H groups in total. The molecule has 1 heterocycles. The van der Waals surface area contributed by atoms with Crippen LogP contribution in [-0.4, -0.2) is 15.7 Å². The molecule has 1 aromatic heterocycles. The maximum Gasteiger partial charge on any atom is 0.334 e. The van der Waals surface area contributed by atoms with Gasteiger partial charge >= 0.3 is 6.03 Å². The molecule has 0 saturated carbocycles. The minimum atomic E-state index is -0.353. The van der Waals surface area contributed by atoms with E-state index in [0.717, 1.165) is 16.6 Å². The van der Waals surface area contributed by atoms with Crippen molar-refractivity contribution in [2.75, 3.05) is 5.43 Å². The van der Waals surface area contributed by atoms with E-state index < -0.39 is 0 Å². The Bertz CT molecular complexity index is 831. The van der Waals surface area contributed by atoms with Crippen LogP contribution >= 0.6 is 23.2 Å². The van der Waals surface area contributed by atoms with Crippen LogP contribution in [0.25, 0.3) is 11.0 Å². The van der Waals surface area contributed by atoms with Gasteiger partial charge in [0.15, 0.2) is 0 Å². The molecule has 0 aliphatic rings. The van der Waals surface area contributed by atoms with Crippen LogP contribution in [0.2, 0.25) is 10.0 Å². The molecule has 0 atom stereocenters. The molecule has 0 saturated heterocycles. The molecule has 0 radical (unpaired) electrons. The lowest BCUT2D eigenvalue weighted by Crippen LogP contribution is -2.33. The van der Waals surface area contributed by atoms with Crippen LogP contribution in [0.5, 0.6) is 0 Å². The number of carbonyl (C=O) groups is 1. The van der Waals surface area contributed by atoms with E-state index in [1.807, 2.05) is 24.3 Å². The number of nitrogens with one attached hydrogen (secondary N) is 2. The lowest BCUT2D eigenvalue weighted by molar-refractivity contribution is 0.249. The summed E-state index contributed by atoms with van der Waals surface area (Å²) in [5.74, 6) is 0.